The van der Waals surface area contributed by atoms with Crippen LogP contribution < -0.4 is 9.47 Å². The van der Waals surface area contributed by atoms with Crippen LogP contribution in [0.25, 0.3) is 21.5 Å². The van der Waals surface area contributed by atoms with E-state index in [0.717, 1.165) is 110 Å². The second-order valence-electron chi connectivity index (χ2n) is 11.9. The van der Waals surface area contributed by atoms with E-state index in [4.69, 9.17) is 18.9 Å². The summed E-state index contributed by atoms with van der Waals surface area (Å²) in [4.78, 5) is 24.5. The SMILES string of the molecule is O=C(CCCCOc1c2ccccc2c(OCCCCC(=O)OC2CCCCC2)c2ccccc12)OC1CCCCC1. The molecular formula is C36H46O6. The highest BCUT2D eigenvalue weighted by Gasteiger charge is 2.19. The van der Waals surface area contributed by atoms with Crippen LogP contribution in [-0.4, -0.2) is 37.4 Å². The molecule has 0 unspecified atom stereocenters. The summed E-state index contributed by atoms with van der Waals surface area (Å²) >= 11 is 0. The van der Waals surface area contributed by atoms with Crippen LogP contribution in [0.4, 0.5) is 0 Å². The van der Waals surface area contributed by atoms with Crippen molar-refractivity contribution in [1.29, 1.82) is 0 Å². The monoisotopic (exact) mass is 574 g/mol. The fraction of sp³-hybridized carbons (Fsp3) is 0.556. The van der Waals surface area contributed by atoms with Crippen molar-refractivity contribution in [3.05, 3.63) is 48.5 Å². The number of hydrogen-bond acceptors (Lipinski definition) is 6. The van der Waals surface area contributed by atoms with Gasteiger partial charge in [0.1, 0.15) is 23.7 Å². The minimum Gasteiger partial charge on any atom is -0.492 e. The average molecular weight is 575 g/mol. The number of hydrogen-bond donors (Lipinski definition) is 0. The van der Waals surface area contributed by atoms with Gasteiger partial charge in [0, 0.05) is 34.4 Å². The molecule has 0 atom stereocenters. The lowest BCUT2D eigenvalue weighted by Gasteiger charge is -2.21. The number of unbranched alkanes of at least 4 members (excludes halogenated alkanes) is 2. The quantitative estimate of drug-likeness (QED) is 0.109. The normalized spacial score (nSPS) is 16.4. The third kappa shape index (κ3) is 8.39. The Hall–Kier alpha value is -3.28. The Labute approximate surface area is 250 Å². The van der Waals surface area contributed by atoms with E-state index in [1.807, 2.05) is 24.3 Å². The second-order valence-corrected chi connectivity index (χ2v) is 11.9. The van der Waals surface area contributed by atoms with Crippen molar-refractivity contribution in [2.24, 2.45) is 0 Å². The number of esters is 2. The van der Waals surface area contributed by atoms with E-state index in [1.165, 1.54) is 12.8 Å². The van der Waals surface area contributed by atoms with Gasteiger partial charge >= 0.3 is 11.9 Å². The second kappa shape index (κ2) is 15.8. The Bertz CT molecular complexity index is 1150. The lowest BCUT2D eigenvalue weighted by molar-refractivity contribution is -0.151. The molecule has 2 aliphatic carbocycles. The maximum atomic E-state index is 12.3. The molecule has 0 spiro atoms. The van der Waals surface area contributed by atoms with E-state index >= 15 is 0 Å². The predicted molar refractivity (Wildman–Crippen MR) is 166 cm³/mol. The van der Waals surface area contributed by atoms with Gasteiger partial charge in [-0.05, 0) is 77.0 Å². The van der Waals surface area contributed by atoms with Gasteiger partial charge in [-0.2, -0.15) is 0 Å². The predicted octanol–water partition coefficient (Wildman–Crippen LogP) is 8.84. The van der Waals surface area contributed by atoms with Crippen molar-refractivity contribution in [2.45, 2.75) is 115 Å². The zero-order valence-electron chi connectivity index (χ0n) is 25.0. The summed E-state index contributed by atoms with van der Waals surface area (Å²) in [6, 6.07) is 16.4. The molecule has 6 nitrogen and oxygen atoms in total. The van der Waals surface area contributed by atoms with E-state index in [2.05, 4.69) is 24.3 Å². The standard InChI is InChI=1S/C36H46O6/c37-33(41-27-15-3-1-4-16-27)23-11-13-25-39-35-29-19-7-9-21-31(29)36(32-22-10-8-20-30(32)35)40-26-14-12-24-34(38)42-28-17-5-2-6-18-28/h7-10,19-22,27-28H,1-6,11-18,23-26H2. The molecule has 0 radical (unpaired) electrons. The fourth-order valence-corrected chi connectivity index (χ4v) is 6.31. The topological polar surface area (TPSA) is 71.1 Å². The van der Waals surface area contributed by atoms with Gasteiger partial charge in [-0.15, -0.1) is 0 Å². The first-order valence-electron chi connectivity index (χ1n) is 16.3. The molecule has 3 aromatic rings. The molecule has 0 heterocycles. The van der Waals surface area contributed by atoms with Crippen LogP contribution in [0.5, 0.6) is 11.5 Å². The summed E-state index contributed by atoms with van der Waals surface area (Å²) in [5, 5.41) is 4.05. The summed E-state index contributed by atoms with van der Waals surface area (Å²) in [5.41, 5.74) is 0. The van der Waals surface area contributed by atoms with Gasteiger partial charge in [-0.1, -0.05) is 61.4 Å². The van der Waals surface area contributed by atoms with Gasteiger partial charge < -0.3 is 18.9 Å². The molecule has 2 saturated carbocycles. The number of carbonyl (C=O) groups is 2. The van der Waals surface area contributed by atoms with Crippen LogP contribution in [0.15, 0.2) is 48.5 Å². The summed E-state index contributed by atoms with van der Waals surface area (Å²) < 4.78 is 24.1. The molecule has 42 heavy (non-hydrogen) atoms. The first-order chi connectivity index (χ1) is 20.7. The van der Waals surface area contributed by atoms with Crippen molar-refractivity contribution in [1.82, 2.24) is 0 Å². The smallest absolute Gasteiger partial charge is 0.306 e. The zero-order valence-corrected chi connectivity index (χ0v) is 25.0. The minimum atomic E-state index is -0.0829. The molecular weight excluding hydrogens is 528 g/mol. The molecule has 2 fully saturated rings. The Balaban J connectivity index is 1.15. The van der Waals surface area contributed by atoms with Crippen molar-refractivity contribution >= 4 is 33.5 Å². The number of ether oxygens (including phenoxy) is 4. The molecule has 0 aromatic heterocycles. The van der Waals surface area contributed by atoms with Crippen molar-refractivity contribution in [2.75, 3.05) is 13.2 Å². The molecule has 6 heteroatoms. The van der Waals surface area contributed by atoms with Gasteiger partial charge in [0.25, 0.3) is 0 Å². The van der Waals surface area contributed by atoms with Gasteiger partial charge in [0.15, 0.2) is 0 Å². The third-order valence-corrected chi connectivity index (χ3v) is 8.58. The maximum Gasteiger partial charge on any atom is 0.306 e. The number of fused-ring (bicyclic) bond motifs is 2. The summed E-state index contributed by atoms with van der Waals surface area (Å²) in [7, 11) is 0. The van der Waals surface area contributed by atoms with Crippen LogP contribution in [0.3, 0.4) is 0 Å². The van der Waals surface area contributed by atoms with Crippen LogP contribution >= 0.6 is 0 Å². The molecule has 5 rings (SSSR count). The molecule has 0 amide bonds. The molecule has 2 aliphatic rings. The Morgan fingerprint density at radius 1 is 0.524 bits per heavy atom. The summed E-state index contributed by atoms with van der Waals surface area (Å²) in [5.74, 6) is 1.54. The third-order valence-electron chi connectivity index (χ3n) is 8.58. The van der Waals surface area contributed by atoms with Crippen LogP contribution in [-0.2, 0) is 19.1 Å². The van der Waals surface area contributed by atoms with Crippen molar-refractivity contribution in [3.63, 3.8) is 0 Å². The van der Waals surface area contributed by atoms with Gasteiger partial charge in [0.2, 0.25) is 0 Å². The molecule has 226 valence electrons. The minimum absolute atomic E-state index is 0.0829. The first kappa shape index (κ1) is 30.2. The zero-order chi connectivity index (χ0) is 29.0. The largest absolute Gasteiger partial charge is 0.492 e. The maximum absolute atomic E-state index is 12.3. The van der Waals surface area contributed by atoms with Gasteiger partial charge in [-0.3, -0.25) is 9.59 Å². The highest BCUT2D eigenvalue weighted by molar-refractivity contribution is 6.11. The Morgan fingerprint density at radius 3 is 1.24 bits per heavy atom. The van der Waals surface area contributed by atoms with E-state index in [9.17, 15) is 9.59 Å². The molecule has 3 aromatic carbocycles. The van der Waals surface area contributed by atoms with E-state index in [-0.39, 0.29) is 24.1 Å². The number of carbonyl (C=O) groups excluding carboxylic acids is 2. The lowest BCUT2D eigenvalue weighted by atomic mass is 9.98. The van der Waals surface area contributed by atoms with Crippen LogP contribution in [0.1, 0.15) is 103 Å². The van der Waals surface area contributed by atoms with E-state index in [0.29, 0.717) is 26.1 Å². The van der Waals surface area contributed by atoms with E-state index < -0.39 is 0 Å². The first-order valence-corrected chi connectivity index (χ1v) is 16.3. The summed E-state index contributed by atoms with van der Waals surface area (Å²) in [6.07, 6.45) is 15.3. The van der Waals surface area contributed by atoms with Gasteiger partial charge in [0.05, 0.1) is 13.2 Å². The van der Waals surface area contributed by atoms with Crippen LogP contribution in [0.2, 0.25) is 0 Å². The molecule has 0 aliphatic heterocycles. The highest BCUT2D eigenvalue weighted by Crippen LogP contribution is 2.42. The highest BCUT2D eigenvalue weighted by atomic mass is 16.5. The van der Waals surface area contributed by atoms with Crippen LogP contribution in [0, 0.1) is 0 Å². The van der Waals surface area contributed by atoms with E-state index in [1.54, 1.807) is 0 Å². The lowest BCUT2D eigenvalue weighted by Crippen LogP contribution is -2.20. The number of rotatable bonds is 14. The van der Waals surface area contributed by atoms with Crippen molar-refractivity contribution < 1.29 is 28.5 Å². The van der Waals surface area contributed by atoms with Gasteiger partial charge in [-0.25, -0.2) is 0 Å². The molecule has 0 saturated heterocycles. The average Bonchev–Trinajstić information content (AvgIpc) is 3.02. The molecule has 0 bridgehead atoms. The molecule has 0 N–H and O–H groups in total. The Kier molecular flexibility index (Phi) is 11.4. The fourth-order valence-electron chi connectivity index (χ4n) is 6.31. The summed E-state index contributed by atoms with van der Waals surface area (Å²) in [6.45, 7) is 1.06. The Morgan fingerprint density at radius 2 is 0.881 bits per heavy atom. The van der Waals surface area contributed by atoms with Crippen molar-refractivity contribution in [3.8, 4) is 11.5 Å². The number of benzene rings is 3.